The number of aromatic amines is 1. The van der Waals surface area contributed by atoms with Crippen LogP contribution in [0, 0.1) is 5.82 Å². The van der Waals surface area contributed by atoms with E-state index in [1.807, 2.05) is 30.3 Å². The number of hydrogen-bond acceptors (Lipinski definition) is 4. The molecular formula is C25H23FN4O3. The van der Waals surface area contributed by atoms with Gasteiger partial charge in [-0.15, -0.1) is 0 Å². The third kappa shape index (κ3) is 5.17. The molecule has 0 aliphatic carbocycles. The van der Waals surface area contributed by atoms with E-state index in [1.54, 1.807) is 24.5 Å². The summed E-state index contributed by atoms with van der Waals surface area (Å²) in [5.74, 6) is -3.05. The van der Waals surface area contributed by atoms with Gasteiger partial charge >= 0.3 is 0 Å². The van der Waals surface area contributed by atoms with Crippen LogP contribution in [0.5, 0.6) is 11.5 Å². The molecule has 2 heterocycles. The number of aromatic nitrogens is 2. The molecule has 8 heteroatoms. The number of hydrogen-bond donors (Lipinski definition) is 3. The maximum absolute atomic E-state index is 14.8. The number of pyridine rings is 1. The molecule has 168 valence electrons. The largest absolute Gasteiger partial charge is 0.453 e. The van der Waals surface area contributed by atoms with Crippen LogP contribution in [0.25, 0.3) is 11.0 Å². The fourth-order valence-electron chi connectivity index (χ4n) is 3.62. The molecule has 0 saturated carbocycles. The van der Waals surface area contributed by atoms with Crippen molar-refractivity contribution in [1.29, 1.82) is 0 Å². The second-order valence-corrected chi connectivity index (χ2v) is 7.56. The van der Waals surface area contributed by atoms with Crippen LogP contribution in [0.15, 0.2) is 73.1 Å². The third-order valence-electron chi connectivity index (χ3n) is 5.26. The number of nitrogens with one attached hydrogen (secondary N) is 2. The number of carbonyl (C=O) groups is 2. The van der Waals surface area contributed by atoms with Crippen LogP contribution < -0.4 is 15.8 Å². The van der Waals surface area contributed by atoms with Crippen molar-refractivity contribution < 1.29 is 18.7 Å². The van der Waals surface area contributed by atoms with Gasteiger partial charge in [-0.1, -0.05) is 36.4 Å². The standard InChI is InChI=1S/C25H23FN4O3/c26-19-15-17(8-9-21(19)33-20-11-14-29-24-18(20)10-13-28-24)22(23(27)31)25(32)30-12-4-7-16-5-2-1-3-6-16/h1-3,5-6,8-11,13-15,22H,4,7,12H2,(H2,27,31)(H,28,29)(H,30,32). The molecule has 1 unspecified atom stereocenters. The average molecular weight is 446 g/mol. The molecule has 7 nitrogen and oxygen atoms in total. The van der Waals surface area contributed by atoms with Gasteiger partial charge in [0.05, 0.1) is 5.39 Å². The van der Waals surface area contributed by atoms with Gasteiger partial charge in [0.2, 0.25) is 11.8 Å². The first kappa shape index (κ1) is 22.0. The Morgan fingerprint density at radius 2 is 1.91 bits per heavy atom. The van der Waals surface area contributed by atoms with Gasteiger partial charge in [-0.25, -0.2) is 9.37 Å². The Bertz CT molecular complexity index is 1270. The van der Waals surface area contributed by atoms with Gasteiger partial charge in [0.15, 0.2) is 11.6 Å². The van der Waals surface area contributed by atoms with Crippen molar-refractivity contribution >= 4 is 22.8 Å². The first-order chi connectivity index (χ1) is 16.0. The van der Waals surface area contributed by atoms with Gasteiger partial charge in [-0.2, -0.15) is 0 Å². The summed E-state index contributed by atoms with van der Waals surface area (Å²) in [5.41, 5.74) is 7.39. The van der Waals surface area contributed by atoms with Crippen LogP contribution in [0.2, 0.25) is 0 Å². The van der Waals surface area contributed by atoms with Gasteiger partial charge in [0.25, 0.3) is 0 Å². The number of amides is 2. The molecule has 0 bridgehead atoms. The highest BCUT2D eigenvalue weighted by molar-refractivity contribution is 6.05. The van der Waals surface area contributed by atoms with E-state index in [0.29, 0.717) is 29.7 Å². The molecule has 0 aliphatic heterocycles. The molecule has 4 rings (SSSR count). The molecule has 2 amide bonds. The van der Waals surface area contributed by atoms with E-state index in [9.17, 15) is 14.0 Å². The van der Waals surface area contributed by atoms with E-state index in [4.69, 9.17) is 10.5 Å². The topological polar surface area (TPSA) is 110 Å². The molecule has 0 spiro atoms. The Morgan fingerprint density at radius 1 is 1.09 bits per heavy atom. The Kier molecular flexibility index (Phi) is 6.64. The van der Waals surface area contributed by atoms with Crippen LogP contribution in [-0.4, -0.2) is 28.3 Å². The van der Waals surface area contributed by atoms with E-state index >= 15 is 0 Å². The number of nitrogens with two attached hydrogens (primary N) is 1. The number of H-pyrrole nitrogens is 1. The quantitative estimate of drug-likeness (QED) is 0.268. The van der Waals surface area contributed by atoms with Crippen molar-refractivity contribution in [2.75, 3.05) is 6.54 Å². The van der Waals surface area contributed by atoms with Crippen LogP contribution in [0.4, 0.5) is 4.39 Å². The van der Waals surface area contributed by atoms with Gasteiger partial charge in [-0.05, 0) is 48.2 Å². The zero-order chi connectivity index (χ0) is 23.2. The molecule has 4 aromatic rings. The highest BCUT2D eigenvalue weighted by Gasteiger charge is 2.27. The highest BCUT2D eigenvalue weighted by Crippen LogP contribution is 2.31. The van der Waals surface area contributed by atoms with Crippen molar-refractivity contribution in [2.45, 2.75) is 18.8 Å². The van der Waals surface area contributed by atoms with Crippen LogP contribution in [0.1, 0.15) is 23.5 Å². The summed E-state index contributed by atoms with van der Waals surface area (Å²) in [7, 11) is 0. The lowest BCUT2D eigenvalue weighted by Gasteiger charge is -2.15. The van der Waals surface area contributed by atoms with Crippen LogP contribution >= 0.6 is 0 Å². The summed E-state index contributed by atoms with van der Waals surface area (Å²) in [5, 5.41) is 3.42. The first-order valence-corrected chi connectivity index (χ1v) is 10.5. The molecule has 4 N–H and O–H groups in total. The van der Waals surface area contributed by atoms with Crippen molar-refractivity contribution in [3.8, 4) is 11.5 Å². The van der Waals surface area contributed by atoms with E-state index in [-0.39, 0.29) is 11.3 Å². The van der Waals surface area contributed by atoms with Gasteiger partial charge in [0.1, 0.15) is 17.3 Å². The minimum absolute atomic E-state index is 0.0426. The summed E-state index contributed by atoms with van der Waals surface area (Å²) in [6.45, 7) is 0.371. The predicted molar refractivity (Wildman–Crippen MR) is 122 cm³/mol. The Labute approximate surface area is 189 Å². The normalized spacial score (nSPS) is 11.8. The van der Waals surface area contributed by atoms with Crippen molar-refractivity contribution in [1.82, 2.24) is 15.3 Å². The average Bonchev–Trinajstić information content (AvgIpc) is 3.29. The lowest BCUT2D eigenvalue weighted by Crippen LogP contribution is -2.37. The first-order valence-electron chi connectivity index (χ1n) is 10.5. The molecule has 0 fully saturated rings. The zero-order valence-corrected chi connectivity index (χ0v) is 17.8. The van der Waals surface area contributed by atoms with Crippen LogP contribution in [-0.2, 0) is 16.0 Å². The Balaban J connectivity index is 1.43. The number of aryl methyl sites for hydroxylation is 1. The second-order valence-electron chi connectivity index (χ2n) is 7.56. The van der Waals surface area contributed by atoms with E-state index in [1.165, 1.54) is 12.1 Å². The fourth-order valence-corrected chi connectivity index (χ4v) is 3.62. The summed E-state index contributed by atoms with van der Waals surface area (Å²) in [4.78, 5) is 31.7. The molecule has 0 saturated heterocycles. The molecular weight excluding hydrogens is 423 g/mol. The number of ether oxygens (including phenoxy) is 1. The van der Waals surface area contributed by atoms with Gasteiger partial charge < -0.3 is 20.8 Å². The minimum Gasteiger partial charge on any atom is -0.453 e. The number of nitrogens with zero attached hydrogens (tertiary/aromatic N) is 1. The summed E-state index contributed by atoms with van der Waals surface area (Å²) >= 11 is 0. The predicted octanol–water partition coefficient (Wildman–Crippen LogP) is 3.81. The lowest BCUT2D eigenvalue weighted by atomic mass is 9.97. The molecule has 0 radical (unpaired) electrons. The smallest absolute Gasteiger partial charge is 0.237 e. The van der Waals surface area contributed by atoms with E-state index in [2.05, 4.69) is 15.3 Å². The monoisotopic (exact) mass is 446 g/mol. The number of benzene rings is 2. The minimum atomic E-state index is -1.30. The van der Waals surface area contributed by atoms with E-state index in [0.717, 1.165) is 18.1 Å². The number of halogens is 1. The Morgan fingerprint density at radius 3 is 2.67 bits per heavy atom. The van der Waals surface area contributed by atoms with Gasteiger partial charge in [0, 0.05) is 18.9 Å². The van der Waals surface area contributed by atoms with E-state index < -0.39 is 23.5 Å². The number of primary amides is 1. The van der Waals surface area contributed by atoms with Crippen molar-refractivity contribution in [3.63, 3.8) is 0 Å². The zero-order valence-electron chi connectivity index (χ0n) is 17.8. The fraction of sp³-hybridized carbons (Fsp3) is 0.160. The molecule has 2 aromatic carbocycles. The third-order valence-corrected chi connectivity index (χ3v) is 5.26. The molecule has 33 heavy (non-hydrogen) atoms. The Hall–Kier alpha value is -4.20. The molecule has 2 aromatic heterocycles. The molecule has 1 atom stereocenters. The SMILES string of the molecule is NC(=O)C(C(=O)NCCCc1ccccc1)c1ccc(Oc2ccnc3[nH]ccc23)c(F)c1. The number of fused-ring (bicyclic) bond motifs is 1. The van der Waals surface area contributed by atoms with Crippen LogP contribution in [0.3, 0.4) is 0 Å². The summed E-state index contributed by atoms with van der Waals surface area (Å²) < 4.78 is 20.5. The summed E-state index contributed by atoms with van der Waals surface area (Å²) in [6.07, 6.45) is 4.74. The van der Waals surface area contributed by atoms with Crippen molar-refractivity contribution in [3.05, 3.63) is 90.0 Å². The maximum Gasteiger partial charge on any atom is 0.237 e. The number of rotatable bonds is 9. The van der Waals surface area contributed by atoms with Gasteiger partial charge in [-0.3, -0.25) is 9.59 Å². The summed E-state index contributed by atoms with van der Waals surface area (Å²) in [6, 6.07) is 17.2. The number of carbonyl (C=O) groups excluding carboxylic acids is 2. The van der Waals surface area contributed by atoms with Crippen molar-refractivity contribution in [2.24, 2.45) is 5.73 Å². The highest BCUT2D eigenvalue weighted by atomic mass is 19.1. The maximum atomic E-state index is 14.8. The lowest BCUT2D eigenvalue weighted by molar-refractivity contribution is -0.129. The second kappa shape index (κ2) is 9.95. The molecule has 0 aliphatic rings.